The fourth-order valence-corrected chi connectivity index (χ4v) is 5.59. The minimum Gasteiger partial charge on any atom is -0.466 e. The Morgan fingerprint density at radius 2 is 1.57 bits per heavy atom. The van der Waals surface area contributed by atoms with Gasteiger partial charge >= 0.3 is 11.9 Å². The Kier molecular flexibility index (Phi) is 9.66. The van der Waals surface area contributed by atoms with Crippen molar-refractivity contribution in [2.75, 3.05) is 33.4 Å². The number of likely N-dealkylation sites (tertiary alicyclic amines) is 1. The molecular weight excluding hydrogens is 558 g/mol. The zero-order valence-corrected chi connectivity index (χ0v) is 24.1. The molecular formula is C30H31Cl2FN2O5. The summed E-state index contributed by atoms with van der Waals surface area (Å²) in [6.45, 7) is 5.49. The molecule has 0 bridgehead atoms. The standard InChI is InChI=1S/C30H31Cl2FN2O5/c1-17-25(29(37)39-3)27(21-6-9-23(31)24(32)16-21)26(18(2)34-17)30(38)40-15-14-35-12-10-20(11-13-35)28(36)19-4-7-22(33)8-5-19/h4-9,16,20,27,34H,10-15H2,1-3H3. The molecule has 1 N–H and O–H groups in total. The molecule has 2 aromatic rings. The van der Waals surface area contributed by atoms with Crippen LogP contribution in [-0.4, -0.2) is 56.0 Å². The number of halogens is 3. The minimum absolute atomic E-state index is 0.0244. The van der Waals surface area contributed by atoms with E-state index < -0.39 is 17.9 Å². The molecule has 212 valence electrons. The lowest BCUT2D eigenvalue weighted by Crippen LogP contribution is -2.39. The lowest BCUT2D eigenvalue weighted by atomic mass is 9.80. The molecule has 40 heavy (non-hydrogen) atoms. The summed E-state index contributed by atoms with van der Waals surface area (Å²) in [6, 6.07) is 10.6. The summed E-state index contributed by atoms with van der Waals surface area (Å²) < 4.78 is 23.9. The van der Waals surface area contributed by atoms with Crippen molar-refractivity contribution in [3.63, 3.8) is 0 Å². The van der Waals surface area contributed by atoms with E-state index in [0.29, 0.717) is 65.0 Å². The number of benzene rings is 2. The summed E-state index contributed by atoms with van der Waals surface area (Å²) in [4.78, 5) is 41.1. The van der Waals surface area contributed by atoms with Crippen molar-refractivity contribution >= 4 is 40.9 Å². The van der Waals surface area contributed by atoms with Gasteiger partial charge in [0.1, 0.15) is 12.4 Å². The SMILES string of the molecule is COC(=O)C1=C(C)NC(C)=C(C(=O)OCCN2CCC(C(=O)c3ccc(F)cc3)CC2)C1c1ccc(Cl)c(Cl)c1. The van der Waals surface area contributed by atoms with E-state index in [0.717, 1.165) is 0 Å². The number of nitrogens with zero attached hydrogens (tertiary/aromatic N) is 1. The van der Waals surface area contributed by atoms with Crippen LogP contribution in [0.25, 0.3) is 0 Å². The fourth-order valence-electron chi connectivity index (χ4n) is 5.28. The largest absolute Gasteiger partial charge is 0.466 e. The van der Waals surface area contributed by atoms with Gasteiger partial charge in [0.25, 0.3) is 0 Å². The van der Waals surface area contributed by atoms with Gasteiger partial charge in [-0.25, -0.2) is 14.0 Å². The molecule has 0 amide bonds. The Hall–Kier alpha value is -3.20. The highest BCUT2D eigenvalue weighted by atomic mass is 35.5. The normalized spacial score (nSPS) is 18.4. The number of esters is 2. The minimum atomic E-state index is -0.760. The van der Waals surface area contributed by atoms with Crippen LogP contribution in [0.5, 0.6) is 0 Å². The number of Topliss-reactive ketones (excluding diaryl/α,β-unsaturated/α-hetero) is 1. The maximum Gasteiger partial charge on any atom is 0.336 e. The predicted octanol–water partition coefficient (Wildman–Crippen LogP) is 5.68. The molecule has 7 nitrogen and oxygen atoms in total. The molecule has 0 aliphatic carbocycles. The number of carbonyl (C=O) groups is 3. The van der Waals surface area contributed by atoms with Gasteiger partial charge in [-0.05, 0) is 81.7 Å². The van der Waals surface area contributed by atoms with Crippen LogP contribution in [0.4, 0.5) is 4.39 Å². The Labute approximate surface area is 242 Å². The van der Waals surface area contributed by atoms with Gasteiger partial charge in [0, 0.05) is 29.4 Å². The van der Waals surface area contributed by atoms with Crippen LogP contribution in [0.15, 0.2) is 65.0 Å². The van der Waals surface area contributed by atoms with Gasteiger partial charge in [0.05, 0.1) is 34.2 Å². The first-order valence-corrected chi connectivity index (χ1v) is 13.8. The van der Waals surface area contributed by atoms with Crippen LogP contribution in [0.3, 0.4) is 0 Å². The third-order valence-corrected chi connectivity index (χ3v) is 8.13. The number of carbonyl (C=O) groups excluding carboxylic acids is 3. The van der Waals surface area contributed by atoms with E-state index in [1.807, 2.05) is 0 Å². The molecule has 2 aliphatic rings. The number of hydrogen-bond donors (Lipinski definition) is 1. The van der Waals surface area contributed by atoms with Crippen LogP contribution in [0.1, 0.15) is 48.5 Å². The molecule has 0 radical (unpaired) electrons. The molecule has 1 atom stereocenters. The van der Waals surface area contributed by atoms with Crippen LogP contribution in [0.2, 0.25) is 10.0 Å². The molecule has 4 rings (SSSR count). The Balaban J connectivity index is 1.40. The summed E-state index contributed by atoms with van der Waals surface area (Å²) >= 11 is 12.4. The molecule has 1 fully saturated rings. The number of ketones is 1. The topological polar surface area (TPSA) is 84.9 Å². The summed E-state index contributed by atoms with van der Waals surface area (Å²) in [5.74, 6) is -2.36. The highest BCUT2D eigenvalue weighted by Gasteiger charge is 2.38. The Bertz CT molecular complexity index is 1360. The maximum absolute atomic E-state index is 13.4. The van der Waals surface area contributed by atoms with Gasteiger partial charge in [-0.1, -0.05) is 29.3 Å². The van der Waals surface area contributed by atoms with Gasteiger partial charge in [-0.3, -0.25) is 9.69 Å². The lowest BCUT2D eigenvalue weighted by Gasteiger charge is -2.32. The van der Waals surface area contributed by atoms with E-state index in [2.05, 4.69) is 10.2 Å². The average Bonchev–Trinajstić information content (AvgIpc) is 2.94. The third kappa shape index (κ3) is 6.57. The van der Waals surface area contributed by atoms with Gasteiger partial charge in [0.15, 0.2) is 5.78 Å². The van der Waals surface area contributed by atoms with E-state index in [4.69, 9.17) is 32.7 Å². The molecule has 0 aromatic heterocycles. The number of allylic oxidation sites excluding steroid dienone is 2. The van der Waals surface area contributed by atoms with Gasteiger partial charge in [-0.15, -0.1) is 0 Å². The predicted molar refractivity (Wildman–Crippen MR) is 151 cm³/mol. The zero-order valence-electron chi connectivity index (χ0n) is 22.6. The molecule has 2 heterocycles. The van der Waals surface area contributed by atoms with Crippen molar-refractivity contribution in [3.8, 4) is 0 Å². The van der Waals surface area contributed by atoms with Crippen molar-refractivity contribution in [2.24, 2.45) is 5.92 Å². The highest BCUT2D eigenvalue weighted by molar-refractivity contribution is 6.42. The first-order chi connectivity index (χ1) is 19.1. The molecule has 0 spiro atoms. The molecule has 0 saturated carbocycles. The third-order valence-electron chi connectivity index (χ3n) is 7.39. The van der Waals surface area contributed by atoms with Crippen LogP contribution in [-0.2, 0) is 19.1 Å². The van der Waals surface area contributed by atoms with Crippen molar-refractivity contribution < 1.29 is 28.2 Å². The second kappa shape index (κ2) is 13.0. The fraction of sp³-hybridized carbons (Fsp3) is 0.367. The summed E-state index contributed by atoms with van der Waals surface area (Å²) in [5, 5.41) is 3.76. The number of piperidine rings is 1. The van der Waals surface area contributed by atoms with E-state index >= 15 is 0 Å². The number of dihydropyridines is 1. The monoisotopic (exact) mass is 588 g/mol. The van der Waals surface area contributed by atoms with Crippen molar-refractivity contribution in [1.82, 2.24) is 10.2 Å². The molecule has 1 saturated heterocycles. The molecule has 1 unspecified atom stereocenters. The summed E-state index contributed by atoms with van der Waals surface area (Å²) in [6.07, 6.45) is 1.34. The number of hydrogen-bond acceptors (Lipinski definition) is 7. The lowest BCUT2D eigenvalue weighted by molar-refractivity contribution is -0.140. The van der Waals surface area contributed by atoms with Crippen LogP contribution in [0, 0.1) is 11.7 Å². The first kappa shape index (κ1) is 29.8. The number of nitrogens with one attached hydrogen (secondary N) is 1. The molecule has 10 heteroatoms. The number of rotatable bonds is 8. The van der Waals surface area contributed by atoms with Gasteiger partial charge in [0.2, 0.25) is 0 Å². The van der Waals surface area contributed by atoms with E-state index in [1.165, 1.54) is 31.4 Å². The van der Waals surface area contributed by atoms with Crippen LogP contribution < -0.4 is 5.32 Å². The second-order valence-corrected chi connectivity index (χ2v) is 10.7. The average molecular weight is 589 g/mol. The van der Waals surface area contributed by atoms with Gasteiger partial charge in [-0.2, -0.15) is 0 Å². The number of ether oxygens (including phenoxy) is 2. The van der Waals surface area contributed by atoms with Crippen LogP contribution >= 0.6 is 23.2 Å². The van der Waals surface area contributed by atoms with Gasteiger partial charge < -0.3 is 14.8 Å². The maximum atomic E-state index is 13.4. The zero-order chi connectivity index (χ0) is 29.0. The van der Waals surface area contributed by atoms with E-state index in [1.54, 1.807) is 32.0 Å². The van der Waals surface area contributed by atoms with Crippen molar-refractivity contribution in [2.45, 2.75) is 32.6 Å². The highest BCUT2D eigenvalue weighted by Crippen LogP contribution is 2.40. The summed E-state index contributed by atoms with van der Waals surface area (Å²) in [7, 11) is 1.29. The number of methoxy groups -OCH3 is 1. The quantitative estimate of drug-likeness (QED) is 0.314. The smallest absolute Gasteiger partial charge is 0.336 e. The second-order valence-electron chi connectivity index (χ2n) is 9.92. The molecule has 2 aromatic carbocycles. The first-order valence-electron chi connectivity index (χ1n) is 13.0. The summed E-state index contributed by atoms with van der Waals surface area (Å²) in [5.41, 5.74) is 2.82. The van der Waals surface area contributed by atoms with Crippen molar-refractivity contribution in [1.29, 1.82) is 0 Å². The Morgan fingerprint density at radius 3 is 2.17 bits per heavy atom. The van der Waals surface area contributed by atoms with E-state index in [9.17, 15) is 18.8 Å². The van der Waals surface area contributed by atoms with E-state index in [-0.39, 0.29) is 35.3 Å². The molecule has 2 aliphatic heterocycles. The Morgan fingerprint density at radius 1 is 0.950 bits per heavy atom. The van der Waals surface area contributed by atoms with Crippen molar-refractivity contribution in [3.05, 3.63) is 92.0 Å².